The molecule has 0 aliphatic carbocycles. The lowest BCUT2D eigenvalue weighted by molar-refractivity contribution is -0.384. The van der Waals surface area contributed by atoms with Crippen LogP contribution in [0.4, 0.5) is 25.8 Å². The highest BCUT2D eigenvalue weighted by atomic mass is 32.2. The summed E-state index contributed by atoms with van der Waals surface area (Å²) in [7, 11) is -4.59. The maximum absolute atomic E-state index is 13.9. The van der Waals surface area contributed by atoms with E-state index >= 15 is 0 Å². The molecule has 3 heterocycles. The summed E-state index contributed by atoms with van der Waals surface area (Å²) in [5.41, 5.74) is 2.97. The van der Waals surface area contributed by atoms with Crippen molar-refractivity contribution in [3.05, 3.63) is 154 Å². The van der Waals surface area contributed by atoms with Gasteiger partial charge in [0.2, 0.25) is 0 Å². The number of aromatic nitrogens is 1. The summed E-state index contributed by atoms with van der Waals surface area (Å²) < 4.78 is 68.9. The van der Waals surface area contributed by atoms with Crippen molar-refractivity contribution < 1.29 is 36.4 Å². The van der Waals surface area contributed by atoms with Gasteiger partial charge in [-0.3, -0.25) is 19.8 Å². The second-order valence-corrected chi connectivity index (χ2v) is 16.5. The quantitative estimate of drug-likeness (QED) is 0.0769. The Morgan fingerprint density at radius 2 is 1.55 bits per heavy atom. The number of benzene rings is 5. The molecular formula is C44H42F2N6O7S. The number of nitro benzene ring substituents is 1. The number of ether oxygens (including phenoxy) is 2. The topological polar surface area (TPSA) is 159 Å². The molecule has 3 N–H and O–H groups in total. The highest BCUT2D eigenvalue weighted by Crippen LogP contribution is 2.35. The number of piperazine rings is 1. The van der Waals surface area contributed by atoms with Crippen molar-refractivity contribution in [2.24, 2.45) is 5.92 Å². The number of amides is 1. The van der Waals surface area contributed by atoms with Crippen molar-refractivity contribution in [3.63, 3.8) is 0 Å². The third-order valence-corrected chi connectivity index (χ3v) is 12.3. The number of halogens is 2. The van der Waals surface area contributed by atoms with E-state index in [0.717, 1.165) is 40.9 Å². The summed E-state index contributed by atoms with van der Waals surface area (Å²) >= 11 is 0. The van der Waals surface area contributed by atoms with Gasteiger partial charge in [0.05, 0.1) is 21.4 Å². The molecule has 2 fully saturated rings. The second kappa shape index (κ2) is 17.5. The van der Waals surface area contributed by atoms with Crippen LogP contribution < -0.4 is 19.7 Å². The molecule has 5 aromatic carbocycles. The maximum atomic E-state index is 13.9. The fraction of sp³-hybridized carbons (Fsp3) is 0.250. The molecule has 0 unspecified atom stereocenters. The molecule has 0 bridgehead atoms. The van der Waals surface area contributed by atoms with E-state index in [9.17, 15) is 32.1 Å². The number of nitro groups is 1. The van der Waals surface area contributed by atoms with Crippen LogP contribution in [0.2, 0.25) is 0 Å². The number of carbonyl (C=O) groups is 1. The SMILES string of the molecule is O=C(NS(=O)(=O)c1ccc(NCC2CCOCC2)c([N+](=O)[O-])c1)c1ccc(N2CCN(C(c3ccc(F)cc3)c3ccc(F)cc3)CC2)cc1Oc1ccc2[nH]ccc2c1. The number of H-pyrrole nitrogens is 1. The van der Waals surface area contributed by atoms with Crippen molar-refractivity contribution >= 4 is 43.9 Å². The maximum Gasteiger partial charge on any atom is 0.293 e. The van der Waals surface area contributed by atoms with E-state index in [0.29, 0.717) is 57.4 Å². The van der Waals surface area contributed by atoms with Crippen LogP contribution in [0.1, 0.15) is 40.4 Å². The predicted octanol–water partition coefficient (Wildman–Crippen LogP) is 8.02. The fourth-order valence-corrected chi connectivity index (χ4v) is 8.75. The van der Waals surface area contributed by atoms with Crippen molar-refractivity contribution in [1.29, 1.82) is 0 Å². The van der Waals surface area contributed by atoms with E-state index in [4.69, 9.17) is 9.47 Å². The largest absolute Gasteiger partial charge is 0.456 e. The number of fused-ring (bicyclic) bond motifs is 1. The molecule has 16 heteroatoms. The number of hydrogen-bond donors (Lipinski definition) is 3. The summed E-state index contributed by atoms with van der Waals surface area (Å²) in [6.07, 6.45) is 3.40. The Hall–Kier alpha value is -6.36. The van der Waals surface area contributed by atoms with Crippen molar-refractivity contribution in [3.8, 4) is 11.5 Å². The fourth-order valence-electron chi connectivity index (χ4n) is 7.76. The number of aromatic amines is 1. The highest BCUT2D eigenvalue weighted by Gasteiger charge is 2.29. The summed E-state index contributed by atoms with van der Waals surface area (Å²) in [6.45, 7) is 3.94. The van der Waals surface area contributed by atoms with Crippen LogP contribution in [0.5, 0.6) is 11.5 Å². The zero-order chi connectivity index (χ0) is 41.8. The van der Waals surface area contributed by atoms with Crippen LogP contribution in [0.25, 0.3) is 10.9 Å². The first-order valence-electron chi connectivity index (χ1n) is 19.6. The van der Waals surface area contributed by atoms with Gasteiger partial charge < -0.3 is 24.7 Å². The molecule has 13 nitrogen and oxygen atoms in total. The Morgan fingerprint density at radius 3 is 2.22 bits per heavy atom. The molecule has 0 radical (unpaired) electrons. The lowest BCUT2D eigenvalue weighted by Crippen LogP contribution is -2.48. The number of carbonyl (C=O) groups excluding carboxylic acids is 1. The minimum Gasteiger partial charge on any atom is -0.456 e. The average molecular weight is 837 g/mol. The molecule has 60 heavy (non-hydrogen) atoms. The smallest absolute Gasteiger partial charge is 0.293 e. The van der Waals surface area contributed by atoms with Gasteiger partial charge in [-0.25, -0.2) is 21.9 Å². The third kappa shape index (κ3) is 9.10. The van der Waals surface area contributed by atoms with E-state index < -0.39 is 31.4 Å². The Kier molecular flexibility index (Phi) is 11.8. The van der Waals surface area contributed by atoms with Gasteiger partial charge in [-0.1, -0.05) is 24.3 Å². The Morgan fingerprint density at radius 1 is 0.867 bits per heavy atom. The van der Waals surface area contributed by atoms with Gasteiger partial charge in [0.25, 0.3) is 21.6 Å². The van der Waals surface area contributed by atoms with Gasteiger partial charge in [-0.15, -0.1) is 0 Å². The van der Waals surface area contributed by atoms with Crippen molar-refractivity contribution in [2.45, 2.75) is 23.8 Å². The van der Waals surface area contributed by atoms with Crippen molar-refractivity contribution in [1.82, 2.24) is 14.6 Å². The van der Waals surface area contributed by atoms with Gasteiger partial charge in [0.15, 0.2) is 0 Å². The van der Waals surface area contributed by atoms with Crippen LogP contribution >= 0.6 is 0 Å². The number of rotatable bonds is 13. The van der Waals surface area contributed by atoms with Gasteiger partial charge in [0.1, 0.15) is 28.8 Å². The molecule has 1 aromatic heterocycles. The minimum atomic E-state index is -4.59. The van der Waals surface area contributed by atoms with Gasteiger partial charge in [-0.05, 0) is 103 Å². The molecule has 8 rings (SSSR count). The van der Waals surface area contributed by atoms with Gasteiger partial charge >= 0.3 is 0 Å². The van der Waals surface area contributed by atoms with E-state index in [-0.39, 0.29) is 40.6 Å². The first-order valence-corrected chi connectivity index (χ1v) is 21.1. The third-order valence-electron chi connectivity index (χ3n) is 11.0. The minimum absolute atomic E-state index is 0.0768. The van der Waals surface area contributed by atoms with Crippen LogP contribution in [0, 0.1) is 27.7 Å². The predicted molar refractivity (Wildman–Crippen MR) is 223 cm³/mol. The Bertz CT molecular complexity index is 2570. The molecular weight excluding hydrogens is 795 g/mol. The molecule has 2 aliphatic rings. The Balaban J connectivity index is 1.04. The van der Waals surface area contributed by atoms with E-state index in [1.54, 1.807) is 54.7 Å². The molecule has 1 amide bonds. The summed E-state index contributed by atoms with van der Waals surface area (Å²) in [5.74, 6) is -0.946. The number of nitrogens with zero attached hydrogens (tertiary/aromatic N) is 3. The van der Waals surface area contributed by atoms with Crippen LogP contribution in [-0.2, 0) is 14.8 Å². The summed E-state index contributed by atoms with van der Waals surface area (Å²) in [4.78, 5) is 32.3. The second-order valence-electron chi connectivity index (χ2n) is 14.8. The zero-order valence-corrected chi connectivity index (χ0v) is 33.2. The van der Waals surface area contributed by atoms with Gasteiger partial charge in [-0.2, -0.15) is 0 Å². The number of sulfonamides is 1. The van der Waals surface area contributed by atoms with Crippen LogP contribution in [0.3, 0.4) is 0 Å². The normalized spacial score (nSPS) is 15.3. The molecule has 0 saturated carbocycles. The van der Waals surface area contributed by atoms with Crippen LogP contribution in [-0.4, -0.2) is 75.1 Å². The summed E-state index contributed by atoms with van der Waals surface area (Å²) in [6, 6.07) is 27.9. The number of hydrogen-bond acceptors (Lipinski definition) is 10. The molecule has 0 atom stereocenters. The molecule has 2 saturated heterocycles. The van der Waals surface area contributed by atoms with Crippen LogP contribution in [0.15, 0.2) is 120 Å². The summed E-state index contributed by atoms with van der Waals surface area (Å²) in [5, 5.41) is 16.0. The monoisotopic (exact) mass is 836 g/mol. The van der Waals surface area contributed by atoms with E-state index in [2.05, 4.69) is 24.8 Å². The number of anilines is 2. The van der Waals surface area contributed by atoms with E-state index in [1.165, 1.54) is 42.5 Å². The lowest BCUT2D eigenvalue weighted by Gasteiger charge is -2.40. The molecule has 0 spiro atoms. The van der Waals surface area contributed by atoms with Crippen molar-refractivity contribution in [2.75, 3.05) is 56.2 Å². The van der Waals surface area contributed by atoms with E-state index in [1.807, 2.05) is 12.1 Å². The first-order chi connectivity index (χ1) is 29.0. The zero-order valence-electron chi connectivity index (χ0n) is 32.4. The average Bonchev–Trinajstić information content (AvgIpc) is 3.73. The lowest BCUT2D eigenvalue weighted by atomic mass is 9.96. The first kappa shape index (κ1) is 40.4. The standard InChI is InChI=1S/C44H42F2N6O7S/c45-33-5-1-30(2-6-33)43(31-3-7-34(46)8-4-31)51-21-19-50(20-22-51)35-9-12-38(42(26-35)59-36-10-13-39-32(25-36)15-18-47-39)44(53)49-60(56,57)37-11-14-40(41(27-37)52(54)55)48-28-29-16-23-58-24-17-29/h1-15,18,25-27,29,43,47-48H,16-17,19-24,28H2,(H,49,53). The highest BCUT2D eigenvalue weighted by molar-refractivity contribution is 7.90. The molecule has 2 aliphatic heterocycles. The van der Waals surface area contributed by atoms with Gasteiger partial charge in [0, 0.05) is 80.9 Å². The number of nitrogens with one attached hydrogen (secondary N) is 3. The molecule has 6 aromatic rings. The Labute approximate surface area is 345 Å². The molecule has 310 valence electrons.